The normalized spacial score (nSPS) is 11.8. The Balaban J connectivity index is 1.82. The molecule has 49 heavy (non-hydrogen) atoms. The lowest BCUT2D eigenvalue weighted by molar-refractivity contribution is -0.140. The van der Waals surface area contributed by atoms with E-state index < -0.39 is 28.5 Å². The molecule has 0 saturated heterocycles. The summed E-state index contributed by atoms with van der Waals surface area (Å²) in [6.45, 7) is 1.73. The number of hydrogen-bond donors (Lipinski definition) is 1. The molecule has 9 nitrogen and oxygen atoms in total. The largest absolute Gasteiger partial charge is 0.493 e. The Morgan fingerprint density at radius 1 is 0.816 bits per heavy atom. The lowest BCUT2D eigenvalue weighted by Crippen LogP contribution is -2.53. The predicted octanol–water partition coefficient (Wildman–Crippen LogP) is 7.42. The Kier molecular flexibility index (Phi) is 13.6. The van der Waals surface area contributed by atoms with Crippen LogP contribution in [0.4, 0.5) is 5.69 Å². The van der Waals surface area contributed by atoms with E-state index in [1.807, 2.05) is 37.3 Å². The monoisotopic (exact) mass is 745 g/mol. The molecule has 1 N–H and O–H groups in total. The Bertz CT molecular complexity index is 1840. The lowest BCUT2D eigenvalue weighted by atomic mass is 10.0. The zero-order chi connectivity index (χ0) is 35.6. The number of methoxy groups -OCH3 is 2. The third kappa shape index (κ3) is 9.82. The van der Waals surface area contributed by atoms with Gasteiger partial charge in [0.2, 0.25) is 11.8 Å². The second kappa shape index (κ2) is 17.6. The molecule has 0 saturated carbocycles. The molecule has 0 aromatic heterocycles. The molecule has 0 radical (unpaired) electrons. The average molecular weight is 747 g/mol. The van der Waals surface area contributed by atoms with Gasteiger partial charge in [-0.1, -0.05) is 84.5 Å². The topological polar surface area (TPSA) is 105 Å². The van der Waals surface area contributed by atoms with Crippen molar-refractivity contribution in [2.45, 2.75) is 43.7 Å². The molecular weight excluding hydrogens is 709 g/mol. The minimum absolute atomic E-state index is 0.0563. The highest BCUT2D eigenvalue weighted by atomic mass is 35.5. The minimum Gasteiger partial charge on any atom is -0.493 e. The number of rotatable bonds is 16. The molecule has 4 aromatic rings. The van der Waals surface area contributed by atoms with Crippen LogP contribution >= 0.6 is 34.8 Å². The summed E-state index contributed by atoms with van der Waals surface area (Å²) in [5.41, 5.74) is 1.61. The first-order valence-electron chi connectivity index (χ1n) is 15.5. The molecule has 0 spiro atoms. The molecule has 2 amide bonds. The van der Waals surface area contributed by atoms with Crippen LogP contribution in [0.1, 0.15) is 30.9 Å². The summed E-state index contributed by atoms with van der Waals surface area (Å²) in [6, 6.07) is 23.5. The quantitative estimate of drug-likeness (QED) is 0.120. The molecule has 4 rings (SSSR count). The number of carbonyl (C=O) groups excluding carboxylic acids is 2. The van der Waals surface area contributed by atoms with Crippen LogP contribution in [-0.4, -0.2) is 58.5 Å². The smallest absolute Gasteiger partial charge is 0.264 e. The maximum absolute atomic E-state index is 14.6. The van der Waals surface area contributed by atoms with Crippen molar-refractivity contribution >= 4 is 62.3 Å². The van der Waals surface area contributed by atoms with Crippen LogP contribution in [0.5, 0.6) is 11.5 Å². The van der Waals surface area contributed by atoms with Crippen molar-refractivity contribution in [3.8, 4) is 11.5 Å². The predicted molar refractivity (Wildman–Crippen MR) is 194 cm³/mol. The van der Waals surface area contributed by atoms with Crippen molar-refractivity contribution in [2.75, 3.05) is 31.6 Å². The van der Waals surface area contributed by atoms with Crippen LogP contribution in [0.15, 0.2) is 95.9 Å². The van der Waals surface area contributed by atoms with Gasteiger partial charge in [0.15, 0.2) is 11.5 Å². The molecule has 260 valence electrons. The van der Waals surface area contributed by atoms with E-state index in [-0.39, 0.29) is 40.2 Å². The fourth-order valence-corrected chi connectivity index (χ4v) is 7.01. The molecule has 4 aromatic carbocycles. The fourth-order valence-electron chi connectivity index (χ4n) is 5.14. The third-order valence-electron chi connectivity index (χ3n) is 7.77. The average Bonchev–Trinajstić information content (AvgIpc) is 3.10. The van der Waals surface area contributed by atoms with Crippen molar-refractivity contribution in [3.05, 3.63) is 117 Å². The molecule has 1 unspecified atom stereocenters. The van der Waals surface area contributed by atoms with E-state index in [4.69, 9.17) is 44.3 Å². The lowest BCUT2D eigenvalue weighted by Gasteiger charge is -2.34. The van der Waals surface area contributed by atoms with E-state index in [0.29, 0.717) is 27.9 Å². The summed E-state index contributed by atoms with van der Waals surface area (Å²) in [6.07, 6.45) is 1.79. The van der Waals surface area contributed by atoms with E-state index in [2.05, 4.69) is 5.32 Å². The van der Waals surface area contributed by atoms with Gasteiger partial charge < -0.3 is 19.7 Å². The van der Waals surface area contributed by atoms with Crippen molar-refractivity contribution < 1.29 is 27.5 Å². The van der Waals surface area contributed by atoms with Gasteiger partial charge in [-0.2, -0.15) is 0 Å². The summed E-state index contributed by atoms with van der Waals surface area (Å²) in [4.78, 5) is 29.8. The Labute approximate surface area is 302 Å². The van der Waals surface area contributed by atoms with Crippen LogP contribution in [-0.2, 0) is 32.6 Å². The molecule has 0 aliphatic carbocycles. The zero-order valence-corrected chi connectivity index (χ0v) is 30.5. The molecule has 0 heterocycles. The molecule has 0 fully saturated rings. The molecule has 0 aliphatic rings. The summed E-state index contributed by atoms with van der Waals surface area (Å²) < 4.78 is 40.4. The number of nitrogens with zero attached hydrogens (tertiary/aromatic N) is 2. The van der Waals surface area contributed by atoms with E-state index >= 15 is 0 Å². The van der Waals surface area contributed by atoms with Crippen molar-refractivity contribution in [1.29, 1.82) is 0 Å². The summed E-state index contributed by atoms with van der Waals surface area (Å²) >= 11 is 18.7. The van der Waals surface area contributed by atoms with Gasteiger partial charge in [0.05, 0.1) is 34.8 Å². The SMILES string of the molecule is CCCCNC(=O)C(Cc1ccccc1)N(Cc1ccc(Cl)c(Cl)c1)C(=O)CN(c1ccc(Cl)cc1)S(=O)(=O)c1ccc(OC)c(OC)c1. The van der Waals surface area contributed by atoms with E-state index in [9.17, 15) is 18.0 Å². The van der Waals surface area contributed by atoms with E-state index in [0.717, 1.165) is 22.7 Å². The van der Waals surface area contributed by atoms with Gasteiger partial charge in [0.25, 0.3) is 10.0 Å². The van der Waals surface area contributed by atoms with Gasteiger partial charge >= 0.3 is 0 Å². The molecule has 0 aliphatic heterocycles. The Morgan fingerprint density at radius 2 is 1.51 bits per heavy atom. The number of anilines is 1. The third-order valence-corrected chi connectivity index (χ3v) is 10.5. The van der Waals surface area contributed by atoms with Crippen molar-refractivity contribution in [2.24, 2.45) is 0 Å². The van der Waals surface area contributed by atoms with Gasteiger partial charge in [-0.15, -0.1) is 0 Å². The molecule has 1 atom stereocenters. The highest BCUT2D eigenvalue weighted by molar-refractivity contribution is 7.92. The van der Waals surface area contributed by atoms with Crippen LogP contribution in [0, 0.1) is 0 Å². The molecular formula is C36H38Cl3N3O6S. The first-order valence-corrected chi connectivity index (χ1v) is 18.1. The van der Waals surface area contributed by atoms with Crippen molar-refractivity contribution in [1.82, 2.24) is 10.2 Å². The van der Waals surface area contributed by atoms with Crippen molar-refractivity contribution in [3.63, 3.8) is 0 Å². The Morgan fingerprint density at radius 3 is 2.14 bits per heavy atom. The number of carbonyl (C=O) groups is 2. The zero-order valence-electron chi connectivity index (χ0n) is 27.4. The highest BCUT2D eigenvalue weighted by Gasteiger charge is 2.35. The van der Waals surface area contributed by atoms with Crippen LogP contribution in [0.25, 0.3) is 0 Å². The minimum atomic E-state index is -4.39. The van der Waals surface area contributed by atoms with Gasteiger partial charge in [0, 0.05) is 30.6 Å². The number of unbranched alkanes of at least 4 members (excludes halogenated alkanes) is 1. The summed E-state index contributed by atoms with van der Waals surface area (Å²) in [7, 11) is -1.55. The van der Waals surface area contributed by atoms with E-state index in [1.165, 1.54) is 61.6 Å². The van der Waals surface area contributed by atoms with Gasteiger partial charge in [-0.3, -0.25) is 13.9 Å². The maximum Gasteiger partial charge on any atom is 0.264 e. The number of sulfonamides is 1. The number of benzene rings is 4. The van der Waals surface area contributed by atoms with Crippen LogP contribution in [0.3, 0.4) is 0 Å². The maximum atomic E-state index is 14.6. The highest BCUT2D eigenvalue weighted by Crippen LogP contribution is 2.33. The number of amides is 2. The summed E-state index contributed by atoms with van der Waals surface area (Å²) in [5.74, 6) is -0.469. The van der Waals surface area contributed by atoms with Gasteiger partial charge in [-0.25, -0.2) is 8.42 Å². The first-order chi connectivity index (χ1) is 23.5. The summed E-state index contributed by atoms with van der Waals surface area (Å²) in [5, 5.41) is 3.95. The second-order valence-electron chi connectivity index (χ2n) is 11.1. The molecule has 0 bridgehead atoms. The van der Waals surface area contributed by atoms with Crippen LogP contribution < -0.4 is 19.1 Å². The standard InChI is InChI=1S/C36H38Cl3N3O6S/c1-4-5-19-40-36(44)32(21-25-9-7-6-8-10-25)41(23-26-11-17-30(38)31(39)20-26)35(43)24-42(28-14-12-27(37)13-15-28)49(45,46)29-16-18-33(47-2)34(22-29)48-3/h6-18,20,22,32H,4-5,19,21,23-24H2,1-3H3,(H,40,44). The van der Waals surface area contributed by atoms with E-state index in [1.54, 1.807) is 18.2 Å². The number of halogens is 3. The fraction of sp³-hybridized carbons (Fsp3) is 0.278. The second-order valence-corrected chi connectivity index (χ2v) is 14.2. The van der Waals surface area contributed by atoms with Crippen LogP contribution in [0.2, 0.25) is 15.1 Å². The van der Waals surface area contributed by atoms with Gasteiger partial charge in [-0.05, 0) is 66.1 Å². The first kappa shape index (κ1) is 37.9. The number of hydrogen-bond acceptors (Lipinski definition) is 6. The Hall–Kier alpha value is -3.96. The van der Waals surface area contributed by atoms with Gasteiger partial charge in [0.1, 0.15) is 12.6 Å². The number of nitrogens with one attached hydrogen (secondary N) is 1. The number of ether oxygens (including phenoxy) is 2. The molecule has 13 heteroatoms.